The van der Waals surface area contributed by atoms with Gasteiger partial charge in [0.15, 0.2) is 0 Å². The van der Waals surface area contributed by atoms with Crippen molar-refractivity contribution in [3.63, 3.8) is 0 Å². The van der Waals surface area contributed by atoms with E-state index in [1.54, 1.807) is 6.42 Å². The van der Waals surface area contributed by atoms with Gasteiger partial charge in [0, 0.05) is 0 Å². The summed E-state index contributed by atoms with van der Waals surface area (Å²) >= 11 is 0. The molecule has 0 spiro atoms. The van der Waals surface area contributed by atoms with Crippen molar-refractivity contribution in [2.45, 2.75) is 26.8 Å². The van der Waals surface area contributed by atoms with Gasteiger partial charge >= 0.3 is 0 Å². The van der Waals surface area contributed by atoms with E-state index < -0.39 is 0 Å². The van der Waals surface area contributed by atoms with Crippen molar-refractivity contribution >= 4 is 5.91 Å². The molecule has 109 valence electrons. The molecule has 2 heteroatoms. The number of carbonyl (C=O) groups is 1. The Hall–Kier alpha value is -2.09. The van der Waals surface area contributed by atoms with Crippen molar-refractivity contribution in [2.75, 3.05) is 0 Å². The van der Waals surface area contributed by atoms with Gasteiger partial charge in [-0.25, -0.2) is 0 Å². The topological polar surface area (TPSA) is 29.1 Å². The second-order valence-corrected chi connectivity index (χ2v) is 6.27. The fraction of sp³-hybridized carbons (Fsp3) is 0.263. The van der Waals surface area contributed by atoms with Crippen molar-refractivity contribution in [2.24, 2.45) is 5.41 Å². The number of nitrogens with one attached hydrogen (secondary N) is 1. The molecule has 1 amide bonds. The lowest BCUT2D eigenvalue weighted by Gasteiger charge is -2.23. The van der Waals surface area contributed by atoms with Crippen LogP contribution in [0.15, 0.2) is 60.7 Å². The van der Waals surface area contributed by atoms with Crippen LogP contribution in [0.1, 0.15) is 37.9 Å². The fourth-order valence-corrected chi connectivity index (χ4v) is 2.23. The Morgan fingerprint density at radius 3 is 1.71 bits per heavy atom. The molecule has 0 saturated carbocycles. The third-order valence-corrected chi connectivity index (χ3v) is 3.12. The summed E-state index contributed by atoms with van der Waals surface area (Å²) in [6, 6.07) is 19.9. The Bertz CT molecular complexity index is 530. The van der Waals surface area contributed by atoms with Crippen LogP contribution in [0.5, 0.6) is 0 Å². The summed E-state index contributed by atoms with van der Waals surface area (Å²) in [5, 5.41) is 3.11. The zero-order chi connectivity index (χ0) is 15.3. The van der Waals surface area contributed by atoms with Crippen molar-refractivity contribution in [3.8, 4) is 0 Å². The molecule has 0 fully saturated rings. The Morgan fingerprint density at radius 2 is 1.33 bits per heavy atom. The predicted octanol–water partition coefficient (Wildman–Crippen LogP) is 4.14. The Kier molecular flexibility index (Phi) is 4.79. The zero-order valence-corrected chi connectivity index (χ0v) is 12.8. The van der Waals surface area contributed by atoms with Crippen molar-refractivity contribution in [1.82, 2.24) is 5.32 Å². The van der Waals surface area contributed by atoms with Crippen LogP contribution in [-0.2, 0) is 4.79 Å². The molecular weight excluding hydrogens is 258 g/mol. The summed E-state index contributed by atoms with van der Waals surface area (Å²) in [5.74, 6) is -0.0415. The van der Waals surface area contributed by atoms with Crippen LogP contribution in [0.25, 0.3) is 0 Å². The highest BCUT2D eigenvalue weighted by atomic mass is 16.1. The fourth-order valence-electron chi connectivity index (χ4n) is 2.23. The normalized spacial score (nSPS) is 11.4. The van der Waals surface area contributed by atoms with Gasteiger partial charge in [-0.3, -0.25) is 4.79 Å². The number of benzene rings is 2. The Balaban J connectivity index is 2.24. The lowest BCUT2D eigenvalue weighted by molar-refractivity contribution is -0.119. The number of amides is 1. The van der Waals surface area contributed by atoms with E-state index in [0.717, 1.165) is 11.1 Å². The number of rotatable bonds is 4. The monoisotopic (exact) mass is 280 g/mol. The van der Waals surface area contributed by atoms with E-state index in [4.69, 9.17) is 0 Å². The first-order valence-corrected chi connectivity index (χ1v) is 7.22. The molecule has 2 aromatic carbocycles. The summed E-state index contributed by atoms with van der Waals surface area (Å²) in [6.45, 7) is 6.06. The molecule has 2 nitrogen and oxygen atoms in total. The minimum atomic E-state index is -0.137. The van der Waals surface area contributed by atoms with Gasteiger partial charge in [0.25, 0.3) is 0 Å². The molecule has 1 N–H and O–H groups in total. The molecule has 21 heavy (non-hydrogen) atoms. The molecule has 0 aliphatic heterocycles. The van der Waals surface area contributed by atoms with E-state index in [1.807, 2.05) is 81.4 Å². The molecule has 0 aliphatic carbocycles. The highest BCUT2D eigenvalue weighted by Gasteiger charge is 2.21. The molecular formula is C19H22NO. The van der Waals surface area contributed by atoms with Crippen LogP contribution in [0.4, 0.5) is 0 Å². The van der Waals surface area contributed by atoms with E-state index in [2.05, 4.69) is 5.32 Å². The van der Waals surface area contributed by atoms with Crippen molar-refractivity contribution in [1.29, 1.82) is 0 Å². The third kappa shape index (κ3) is 4.75. The van der Waals surface area contributed by atoms with E-state index in [9.17, 15) is 4.79 Å². The molecule has 0 heterocycles. The maximum Gasteiger partial charge on any atom is 0.225 e. The van der Waals surface area contributed by atoms with Gasteiger partial charge in [-0.1, -0.05) is 81.4 Å². The van der Waals surface area contributed by atoms with E-state index in [-0.39, 0.29) is 17.4 Å². The highest BCUT2D eigenvalue weighted by Crippen LogP contribution is 2.23. The van der Waals surface area contributed by atoms with Crippen LogP contribution >= 0.6 is 0 Å². The van der Waals surface area contributed by atoms with Gasteiger partial charge in [-0.15, -0.1) is 0 Å². The third-order valence-electron chi connectivity index (χ3n) is 3.12. The van der Waals surface area contributed by atoms with Crippen LogP contribution in [-0.4, -0.2) is 5.91 Å². The second kappa shape index (κ2) is 6.57. The predicted molar refractivity (Wildman–Crippen MR) is 86.6 cm³/mol. The summed E-state index contributed by atoms with van der Waals surface area (Å²) in [4.78, 5) is 12.2. The van der Waals surface area contributed by atoms with Gasteiger partial charge in [0.05, 0.1) is 12.5 Å². The molecule has 1 radical (unpaired) electrons. The first-order chi connectivity index (χ1) is 9.96. The SMILES string of the molecule is CC(C)(C)[CH]C(=O)NC(c1ccccc1)c1ccccc1. The van der Waals surface area contributed by atoms with E-state index in [1.165, 1.54) is 0 Å². The largest absolute Gasteiger partial charge is 0.345 e. The maximum atomic E-state index is 12.2. The summed E-state index contributed by atoms with van der Waals surface area (Å²) in [6.07, 6.45) is 1.73. The Labute approximate surface area is 127 Å². The summed E-state index contributed by atoms with van der Waals surface area (Å²) in [5.41, 5.74) is 2.03. The van der Waals surface area contributed by atoms with Gasteiger partial charge in [-0.2, -0.15) is 0 Å². The first kappa shape index (κ1) is 15.3. The van der Waals surface area contributed by atoms with Crippen LogP contribution in [0.2, 0.25) is 0 Å². The quantitative estimate of drug-likeness (QED) is 0.896. The molecule has 0 saturated heterocycles. The van der Waals surface area contributed by atoms with Gasteiger partial charge in [0.1, 0.15) is 0 Å². The van der Waals surface area contributed by atoms with Gasteiger partial charge in [-0.05, 0) is 16.5 Å². The van der Waals surface area contributed by atoms with Crippen molar-refractivity contribution in [3.05, 3.63) is 78.2 Å². The second-order valence-electron chi connectivity index (χ2n) is 6.27. The molecule has 2 rings (SSSR count). The van der Waals surface area contributed by atoms with E-state index >= 15 is 0 Å². The van der Waals surface area contributed by atoms with Gasteiger partial charge in [0.2, 0.25) is 5.91 Å². The summed E-state index contributed by atoms with van der Waals surface area (Å²) in [7, 11) is 0. The average molecular weight is 280 g/mol. The van der Waals surface area contributed by atoms with Crippen LogP contribution in [0.3, 0.4) is 0 Å². The standard InChI is InChI=1S/C19H22NO/c1-19(2,3)14-17(21)20-18(15-10-6-4-7-11-15)16-12-8-5-9-13-16/h4-14,18H,1-3H3,(H,20,21). The maximum absolute atomic E-state index is 12.2. The lowest BCUT2D eigenvalue weighted by Crippen LogP contribution is -2.32. The smallest absolute Gasteiger partial charge is 0.225 e. The minimum Gasteiger partial charge on any atom is -0.345 e. The lowest BCUT2D eigenvalue weighted by atomic mass is 9.91. The van der Waals surface area contributed by atoms with Crippen LogP contribution < -0.4 is 5.32 Å². The molecule has 0 aliphatic rings. The molecule has 0 aromatic heterocycles. The van der Waals surface area contributed by atoms with E-state index in [0.29, 0.717) is 0 Å². The highest BCUT2D eigenvalue weighted by molar-refractivity contribution is 5.86. The van der Waals surface area contributed by atoms with Crippen LogP contribution in [0, 0.1) is 11.8 Å². The Morgan fingerprint density at radius 1 is 0.905 bits per heavy atom. The number of carbonyl (C=O) groups excluding carboxylic acids is 1. The molecule has 2 aromatic rings. The minimum absolute atomic E-state index is 0.0415. The van der Waals surface area contributed by atoms with Gasteiger partial charge < -0.3 is 5.32 Å². The molecule has 0 bridgehead atoms. The number of hydrogen-bond acceptors (Lipinski definition) is 1. The average Bonchev–Trinajstić information content (AvgIpc) is 2.45. The molecule has 0 unspecified atom stereocenters. The zero-order valence-electron chi connectivity index (χ0n) is 12.8. The molecule has 0 atom stereocenters. The summed E-state index contributed by atoms with van der Waals surface area (Å²) < 4.78 is 0. The number of hydrogen-bond donors (Lipinski definition) is 1. The van der Waals surface area contributed by atoms with Crippen molar-refractivity contribution < 1.29 is 4.79 Å². The first-order valence-electron chi connectivity index (χ1n) is 7.22.